The van der Waals surface area contributed by atoms with E-state index in [4.69, 9.17) is 31.2 Å². The molecule has 18 nitrogen and oxygen atoms in total. The molecule has 3 heterocycles. The van der Waals surface area contributed by atoms with Gasteiger partial charge in [-0.15, -0.1) is 0 Å². The molecule has 1 saturated heterocycles. The van der Waals surface area contributed by atoms with Crippen LogP contribution in [0.2, 0.25) is 0 Å². The van der Waals surface area contributed by atoms with E-state index in [1.807, 2.05) is 0 Å². The Balaban J connectivity index is 1.95. The summed E-state index contributed by atoms with van der Waals surface area (Å²) in [5.74, 6) is -1.18. The van der Waals surface area contributed by atoms with E-state index in [0.29, 0.717) is 0 Å². The van der Waals surface area contributed by atoms with Crippen molar-refractivity contribution in [1.82, 2.24) is 4.90 Å². The molecule has 0 bridgehead atoms. The highest BCUT2D eigenvalue weighted by atomic mass is 31.2. The second-order valence-corrected chi connectivity index (χ2v) is 6.81. The van der Waals surface area contributed by atoms with E-state index in [1.54, 1.807) is 0 Å². The Morgan fingerprint density at radius 1 is 1.34 bits per heavy atom. The number of fused-ring (bicyclic) bond motifs is 1. The van der Waals surface area contributed by atoms with Crippen LogP contribution in [0, 0.1) is 5.39 Å². The van der Waals surface area contributed by atoms with Gasteiger partial charge < -0.3 is 41.1 Å². The van der Waals surface area contributed by atoms with Crippen LogP contribution in [0.3, 0.4) is 0 Å². The summed E-state index contributed by atoms with van der Waals surface area (Å²) in [6.07, 6.45) is -6.16. The van der Waals surface area contributed by atoms with Gasteiger partial charge in [0.15, 0.2) is 29.6 Å². The first-order valence-electron chi connectivity index (χ1n) is 7.53. The number of ether oxygens (including phenoxy) is 1. The number of hydrogen-bond acceptors (Lipinski definition) is 9. The van der Waals surface area contributed by atoms with Crippen LogP contribution in [0.5, 0.6) is 0 Å². The van der Waals surface area contributed by atoms with Crippen LogP contribution in [0.15, 0.2) is 30.4 Å². The van der Waals surface area contributed by atoms with Crippen LogP contribution < -0.4 is 5.73 Å². The van der Waals surface area contributed by atoms with Crippen LogP contribution in [-0.2, 0) is 13.8 Å². The summed E-state index contributed by atoms with van der Waals surface area (Å²) in [7, 11) is -4.87. The largest absolute Gasteiger partial charge is 0.469 e. The third-order valence-corrected chi connectivity index (χ3v) is 4.29. The van der Waals surface area contributed by atoms with Crippen LogP contribution in [-0.4, -0.2) is 85.3 Å². The third-order valence-electron chi connectivity index (χ3n) is 3.80. The number of rotatable bonds is 5. The van der Waals surface area contributed by atoms with Crippen molar-refractivity contribution in [2.75, 3.05) is 6.61 Å². The van der Waals surface area contributed by atoms with Crippen molar-refractivity contribution >= 4 is 37.1 Å². The van der Waals surface area contributed by atoms with Gasteiger partial charge in [-0.25, -0.2) is 14.5 Å². The lowest BCUT2D eigenvalue weighted by Crippen LogP contribution is -2.51. The second-order valence-electron chi connectivity index (χ2n) is 5.57. The first-order valence-corrected chi connectivity index (χ1v) is 9.06. The van der Waals surface area contributed by atoms with Crippen molar-refractivity contribution in [3.63, 3.8) is 0 Å². The summed E-state index contributed by atoms with van der Waals surface area (Å²) in [6, 6.07) is 0. The average molecular weight is 429 g/mol. The first kappa shape index (κ1) is 20.7. The molecule has 0 saturated carbocycles. The number of diazo groups is 1. The molecule has 0 spiro atoms. The molecule has 3 aliphatic rings. The number of aliphatic imine (C=N–C) groups is 3. The molecule has 4 atom stereocenters. The molecule has 0 aliphatic carbocycles. The minimum Gasteiger partial charge on any atom is -0.387 e. The van der Waals surface area contributed by atoms with Gasteiger partial charge in [0, 0.05) is 0 Å². The van der Waals surface area contributed by atoms with E-state index in [2.05, 4.69) is 40.0 Å². The molecule has 1 fully saturated rings. The number of phosphoric ester groups is 1. The van der Waals surface area contributed by atoms with Gasteiger partial charge in [-0.05, 0) is 0 Å². The molecule has 0 unspecified atom stereocenters. The minimum atomic E-state index is -4.87. The Hall–Kier alpha value is -3.04. The van der Waals surface area contributed by atoms with Gasteiger partial charge in [0.05, 0.1) is 6.61 Å². The summed E-state index contributed by atoms with van der Waals surface area (Å²) >= 11 is 0. The van der Waals surface area contributed by atoms with E-state index in [9.17, 15) is 14.8 Å². The zero-order valence-electron chi connectivity index (χ0n) is 14.0. The quantitative estimate of drug-likeness (QED) is 0.132. The van der Waals surface area contributed by atoms with Crippen molar-refractivity contribution in [1.29, 1.82) is 5.39 Å². The topological polar surface area (TPSA) is 270 Å². The molecule has 19 heteroatoms. The summed E-state index contributed by atoms with van der Waals surface area (Å²) in [4.78, 5) is 30.1. The number of amidine groups is 2. The fourth-order valence-electron chi connectivity index (χ4n) is 2.65. The SMILES string of the molecule is N#[N+]N=C1N=C2C(N)=NC(=NN=[N-])N=C2N1[C@@H]1O[C@H](COP(=O)(O)O)[C@@H](O)[C@H]1O. The molecule has 0 amide bonds. The highest BCUT2D eigenvalue weighted by Crippen LogP contribution is 2.37. The van der Waals surface area contributed by atoms with Crippen LogP contribution in [0.4, 0.5) is 0 Å². The molecule has 0 aromatic rings. The molecule has 29 heavy (non-hydrogen) atoms. The van der Waals surface area contributed by atoms with Crippen LogP contribution >= 0.6 is 7.82 Å². The molecule has 3 rings (SSSR count). The van der Waals surface area contributed by atoms with Crippen molar-refractivity contribution in [2.45, 2.75) is 24.5 Å². The average Bonchev–Trinajstić information content (AvgIpc) is 3.12. The number of nitrogens with two attached hydrogens (primary N) is 1. The maximum Gasteiger partial charge on any atom is 0.469 e. The number of guanidine groups is 2. The molecular weight excluding hydrogens is 417 g/mol. The Kier molecular flexibility index (Phi) is 5.54. The number of phosphoric acid groups is 1. The normalized spacial score (nSPS) is 32.0. The first-order chi connectivity index (χ1) is 13.7. The summed E-state index contributed by atoms with van der Waals surface area (Å²) in [5.41, 5.74) is 14.2. The Bertz CT molecular complexity index is 962. The van der Waals surface area contributed by atoms with Crippen molar-refractivity contribution < 1.29 is 33.8 Å². The second kappa shape index (κ2) is 7.76. The molecule has 0 aromatic carbocycles. The molecule has 3 aliphatic heterocycles. The van der Waals surface area contributed by atoms with Gasteiger partial charge in [0.25, 0.3) is 5.39 Å². The van der Waals surface area contributed by atoms with Gasteiger partial charge in [-0.3, -0.25) is 14.6 Å². The zero-order valence-corrected chi connectivity index (χ0v) is 14.9. The van der Waals surface area contributed by atoms with Gasteiger partial charge in [0.2, 0.25) is 5.10 Å². The van der Waals surface area contributed by atoms with Crippen molar-refractivity contribution in [2.24, 2.45) is 36.1 Å². The number of hydrogen-bond donors (Lipinski definition) is 5. The van der Waals surface area contributed by atoms with E-state index < -0.39 is 44.9 Å². The molecule has 6 N–H and O–H groups in total. The van der Waals surface area contributed by atoms with E-state index in [1.165, 1.54) is 0 Å². The fraction of sp³-hybridized carbons (Fsp3) is 0.500. The monoisotopic (exact) mass is 429 g/mol. The molecule has 0 radical (unpaired) electrons. The van der Waals surface area contributed by atoms with Gasteiger partial charge in [0.1, 0.15) is 18.3 Å². The van der Waals surface area contributed by atoms with Gasteiger partial charge in [-0.1, -0.05) is 0 Å². The molecule has 0 aromatic heterocycles. The van der Waals surface area contributed by atoms with E-state index in [-0.39, 0.29) is 23.3 Å². The number of aliphatic hydroxyl groups is 2. The predicted molar refractivity (Wildman–Crippen MR) is 92.7 cm³/mol. The fourth-order valence-corrected chi connectivity index (χ4v) is 2.99. The van der Waals surface area contributed by atoms with E-state index in [0.717, 1.165) is 4.90 Å². The molecule has 154 valence electrons. The summed E-state index contributed by atoms with van der Waals surface area (Å²) < 4.78 is 20.6. The van der Waals surface area contributed by atoms with Crippen LogP contribution in [0.1, 0.15) is 0 Å². The van der Waals surface area contributed by atoms with Crippen LogP contribution in [0.25, 0.3) is 10.6 Å². The van der Waals surface area contributed by atoms with Crippen molar-refractivity contribution in [3.8, 4) is 0 Å². The smallest absolute Gasteiger partial charge is 0.387 e. The lowest BCUT2D eigenvalue weighted by Gasteiger charge is -2.27. The predicted octanol–water partition coefficient (Wildman–Crippen LogP) is -2.52. The maximum atomic E-state index is 10.9. The third kappa shape index (κ3) is 4.06. The minimum absolute atomic E-state index is 0.0792. The van der Waals surface area contributed by atoms with E-state index >= 15 is 0 Å². The highest BCUT2D eigenvalue weighted by molar-refractivity contribution is 7.46. The number of nitrogens with zero attached hydrogens (tertiary/aromatic N) is 10. The Morgan fingerprint density at radius 3 is 2.69 bits per heavy atom. The Morgan fingerprint density at radius 2 is 2.07 bits per heavy atom. The number of aliphatic hydroxyl groups excluding tert-OH is 2. The highest BCUT2D eigenvalue weighted by Gasteiger charge is 2.52. The zero-order chi connectivity index (χ0) is 21.3. The lowest BCUT2D eigenvalue weighted by atomic mass is 10.1. The molecular formula is C10H12N11O7P. The summed E-state index contributed by atoms with van der Waals surface area (Å²) in [5, 5.41) is 41.0. The van der Waals surface area contributed by atoms with Gasteiger partial charge >= 0.3 is 18.9 Å². The maximum absolute atomic E-state index is 10.9. The summed E-state index contributed by atoms with van der Waals surface area (Å²) in [6.45, 7) is -0.760. The van der Waals surface area contributed by atoms with Gasteiger partial charge in [-0.2, -0.15) is 4.99 Å². The Labute approximate surface area is 160 Å². The van der Waals surface area contributed by atoms with Crippen molar-refractivity contribution in [3.05, 3.63) is 10.6 Å². The standard InChI is InChI=1S/C10H12N11O7P/c11-6-3-7(16-9(15-6)17-19-12)21(10(14-3)18-20-13)8-5(23)4(22)2(28-8)1-27-29(24,25)26/h2,4-5,8,22-23H,1H2,(H4-,11,12,15,17,24,25,26)/t2-,4-,5-,8-/m1/s1. The lowest BCUT2D eigenvalue weighted by molar-refractivity contribution is -0.0512.